The van der Waals surface area contributed by atoms with Crippen LogP contribution in [0.5, 0.6) is 5.75 Å². The van der Waals surface area contributed by atoms with E-state index in [1.807, 2.05) is 12.1 Å². The second kappa shape index (κ2) is 5.10. The molecule has 1 aromatic heterocycles. The van der Waals surface area contributed by atoms with Crippen LogP contribution in [0.15, 0.2) is 34.7 Å². The standard InChI is InChI=1S/C15H13ClO3/c16-13-7-11(14-6-4-12(8-17)19-14)3-5-15(13)18-9-10-1-2-10/h3-8,10H,1-2,9H2. The van der Waals surface area contributed by atoms with E-state index < -0.39 is 0 Å². The Morgan fingerprint density at radius 1 is 1.32 bits per heavy atom. The lowest BCUT2D eigenvalue weighted by Crippen LogP contribution is -1.99. The van der Waals surface area contributed by atoms with Gasteiger partial charge in [0.15, 0.2) is 12.0 Å². The monoisotopic (exact) mass is 276 g/mol. The van der Waals surface area contributed by atoms with Crippen LogP contribution in [-0.4, -0.2) is 12.9 Å². The van der Waals surface area contributed by atoms with Crippen molar-refractivity contribution in [3.8, 4) is 17.1 Å². The van der Waals surface area contributed by atoms with Crippen LogP contribution in [0, 0.1) is 5.92 Å². The summed E-state index contributed by atoms with van der Waals surface area (Å²) in [4.78, 5) is 10.6. The highest BCUT2D eigenvalue weighted by atomic mass is 35.5. The van der Waals surface area contributed by atoms with Crippen molar-refractivity contribution in [2.75, 3.05) is 6.61 Å². The van der Waals surface area contributed by atoms with E-state index >= 15 is 0 Å². The molecule has 4 heteroatoms. The van der Waals surface area contributed by atoms with Crippen LogP contribution < -0.4 is 4.74 Å². The van der Waals surface area contributed by atoms with Crippen molar-refractivity contribution >= 4 is 17.9 Å². The number of rotatable bonds is 5. The van der Waals surface area contributed by atoms with Gasteiger partial charge in [0.2, 0.25) is 0 Å². The molecule has 0 amide bonds. The predicted octanol–water partition coefficient (Wildman–Crippen LogP) is 4.20. The minimum absolute atomic E-state index is 0.306. The molecule has 1 aromatic carbocycles. The molecule has 0 saturated heterocycles. The van der Waals surface area contributed by atoms with Crippen molar-refractivity contribution in [1.82, 2.24) is 0 Å². The minimum Gasteiger partial charge on any atom is -0.492 e. The summed E-state index contributed by atoms with van der Waals surface area (Å²) in [5.41, 5.74) is 0.830. The fourth-order valence-corrected chi connectivity index (χ4v) is 2.07. The van der Waals surface area contributed by atoms with Crippen LogP contribution >= 0.6 is 11.6 Å². The maximum Gasteiger partial charge on any atom is 0.185 e. The molecule has 3 rings (SSSR count). The Morgan fingerprint density at radius 3 is 2.79 bits per heavy atom. The zero-order valence-corrected chi connectivity index (χ0v) is 11.0. The SMILES string of the molecule is O=Cc1ccc(-c2ccc(OCC3CC3)c(Cl)c2)o1. The lowest BCUT2D eigenvalue weighted by Gasteiger charge is -2.08. The van der Waals surface area contributed by atoms with E-state index in [0.29, 0.717) is 34.5 Å². The third-order valence-corrected chi connectivity index (χ3v) is 3.43. The van der Waals surface area contributed by atoms with E-state index in [1.165, 1.54) is 12.8 Å². The van der Waals surface area contributed by atoms with E-state index in [-0.39, 0.29) is 0 Å². The van der Waals surface area contributed by atoms with Gasteiger partial charge >= 0.3 is 0 Å². The lowest BCUT2D eigenvalue weighted by molar-refractivity contribution is 0.110. The molecule has 0 unspecified atom stereocenters. The maximum atomic E-state index is 10.6. The summed E-state index contributed by atoms with van der Waals surface area (Å²) in [7, 11) is 0. The number of benzene rings is 1. The number of hydrogen-bond donors (Lipinski definition) is 0. The van der Waals surface area contributed by atoms with Gasteiger partial charge in [0.25, 0.3) is 0 Å². The highest BCUT2D eigenvalue weighted by Crippen LogP contribution is 2.34. The largest absolute Gasteiger partial charge is 0.492 e. The first-order chi connectivity index (χ1) is 9.26. The van der Waals surface area contributed by atoms with Crippen LogP contribution in [0.3, 0.4) is 0 Å². The first-order valence-electron chi connectivity index (χ1n) is 6.24. The Bertz CT molecular complexity index is 599. The number of ether oxygens (including phenoxy) is 1. The average molecular weight is 277 g/mol. The van der Waals surface area contributed by atoms with Crippen LogP contribution in [-0.2, 0) is 0 Å². The van der Waals surface area contributed by atoms with Crippen LogP contribution in [0.2, 0.25) is 5.02 Å². The molecular weight excluding hydrogens is 264 g/mol. The number of carbonyl (C=O) groups excluding carboxylic acids is 1. The van der Waals surface area contributed by atoms with Crippen LogP contribution in [0.25, 0.3) is 11.3 Å². The second-order valence-electron chi connectivity index (χ2n) is 4.72. The summed E-state index contributed by atoms with van der Waals surface area (Å²) in [6.07, 6.45) is 3.17. The number of furan rings is 1. The molecule has 3 nitrogen and oxygen atoms in total. The van der Waals surface area contributed by atoms with Gasteiger partial charge in [-0.1, -0.05) is 11.6 Å². The van der Waals surface area contributed by atoms with Gasteiger partial charge in [0.05, 0.1) is 11.6 Å². The molecule has 98 valence electrons. The number of hydrogen-bond acceptors (Lipinski definition) is 3. The van der Waals surface area contributed by atoms with Crippen molar-refractivity contribution in [1.29, 1.82) is 0 Å². The lowest BCUT2D eigenvalue weighted by atomic mass is 10.1. The first-order valence-corrected chi connectivity index (χ1v) is 6.62. The topological polar surface area (TPSA) is 39.4 Å². The van der Waals surface area contributed by atoms with E-state index in [9.17, 15) is 4.79 Å². The maximum absolute atomic E-state index is 10.6. The molecular formula is C15H13ClO3. The van der Waals surface area contributed by atoms with E-state index in [4.69, 9.17) is 20.8 Å². The third kappa shape index (κ3) is 2.82. The predicted molar refractivity (Wildman–Crippen MR) is 72.8 cm³/mol. The average Bonchev–Trinajstić information content (AvgIpc) is 3.12. The van der Waals surface area contributed by atoms with Crippen LogP contribution in [0.4, 0.5) is 0 Å². The molecule has 1 saturated carbocycles. The Balaban J connectivity index is 1.79. The summed E-state index contributed by atoms with van der Waals surface area (Å²) in [5, 5.41) is 0.558. The smallest absolute Gasteiger partial charge is 0.185 e. The molecule has 0 N–H and O–H groups in total. The zero-order valence-electron chi connectivity index (χ0n) is 10.3. The third-order valence-electron chi connectivity index (χ3n) is 3.13. The van der Waals surface area contributed by atoms with Gasteiger partial charge in [-0.3, -0.25) is 4.79 Å². The van der Waals surface area contributed by atoms with Gasteiger partial charge in [0.1, 0.15) is 11.5 Å². The van der Waals surface area contributed by atoms with Gasteiger partial charge in [-0.2, -0.15) is 0 Å². The molecule has 2 aromatic rings. The Hall–Kier alpha value is -1.74. The van der Waals surface area contributed by atoms with Crippen molar-refractivity contribution in [2.24, 2.45) is 5.92 Å². The van der Waals surface area contributed by atoms with Gasteiger partial charge in [-0.25, -0.2) is 0 Å². The molecule has 0 bridgehead atoms. The Labute approximate surface area is 116 Å². The van der Waals surface area contributed by atoms with Crippen LogP contribution in [0.1, 0.15) is 23.4 Å². The van der Waals surface area contributed by atoms with Gasteiger partial charge in [0, 0.05) is 5.56 Å². The summed E-state index contributed by atoms with van der Waals surface area (Å²) < 4.78 is 11.0. The molecule has 1 heterocycles. The van der Waals surface area contributed by atoms with Crippen molar-refractivity contribution < 1.29 is 13.9 Å². The molecule has 0 atom stereocenters. The fraction of sp³-hybridized carbons (Fsp3) is 0.267. The summed E-state index contributed by atoms with van der Waals surface area (Å²) in [6, 6.07) is 8.88. The molecule has 19 heavy (non-hydrogen) atoms. The van der Waals surface area contributed by atoms with Crippen molar-refractivity contribution in [2.45, 2.75) is 12.8 Å². The second-order valence-corrected chi connectivity index (χ2v) is 5.13. The molecule has 0 spiro atoms. The molecule has 0 aliphatic heterocycles. The van der Waals surface area contributed by atoms with Gasteiger partial charge in [-0.05, 0) is 49.1 Å². The number of halogens is 1. The van der Waals surface area contributed by atoms with Gasteiger partial charge < -0.3 is 9.15 Å². The van der Waals surface area contributed by atoms with Crippen molar-refractivity contribution in [3.05, 3.63) is 41.1 Å². The van der Waals surface area contributed by atoms with E-state index in [1.54, 1.807) is 18.2 Å². The molecule has 1 fully saturated rings. The van der Waals surface area contributed by atoms with E-state index in [2.05, 4.69) is 0 Å². The Morgan fingerprint density at radius 2 is 2.16 bits per heavy atom. The highest BCUT2D eigenvalue weighted by Gasteiger charge is 2.22. The molecule has 1 aliphatic rings. The first kappa shape index (κ1) is 12.3. The quantitative estimate of drug-likeness (QED) is 0.768. The fourth-order valence-electron chi connectivity index (χ4n) is 1.83. The van der Waals surface area contributed by atoms with E-state index in [0.717, 1.165) is 12.2 Å². The summed E-state index contributed by atoms with van der Waals surface area (Å²) >= 11 is 6.19. The summed E-state index contributed by atoms with van der Waals surface area (Å²) in [5.74, 6) is 2.31. The summed E-state index contributed by atoms with van der Waals surface area (Å²) in [6.45, 7) is 0.731. The molecule has 0 radical (unpaired) electrons. The van der Waals surface area contributed by atoms with Crippen molar-refractivity contribution in [3.63, 3.8) is 0 Å². The highest BCUT2D eigenvalue weighted by molar-refractivity contribution is 6.32. The normalized spacial score (nSPS) is 14.4. The Kier molecular flexibility index (Phi) is 3.30. The van der Waals surface area contributed by atoms with Gasteiger partial charge in [-0.15, -0.1) is 0 Å². The minimum atomic E-state index is 0.306. The molecule has 1 aliphatic carbocycles. The number of aldehydes is 1. The number of carbonyl (C=O) groups is 1. The zero-order chi connectivity index (χ0) is 13.2.